The molecule has 2 aromatic rings. The lowest BCUT2D eigenvalue weighted by atomic mass is 9.76. The van der Waals surface area contributed by atoms with E-state index in [-0.39, 0.29) is 5.60 Å². The van der Waals surface area contributed by atoms with E-state index in [2.05, 4.69) is 38.4 Å². The van der Waals surface area contributed by atoms with Gasteiger partial charge in [-0.1, -0.05) is 12.5 Å². The smallest absolute Gasteiger partial charge is 0.305 e. The quantitative estimate of drug-likeness (QED) is 0.516. The van der Waals surface area contributed by atoms with Crippen molar-refractivity contribution in [3.8, 4) is 12.5 Å². The van der Waals surface area contributed by atoms with E-state index in [0.29, 0.717) is 17.9 Å². The van der Waals surface area contributed by atoms with E-state index in [1.165, 1.54) is 0 Å². The van der Waals surface area contributed by atoms with Gasteiger partial charge in [0.25, 0.3) is 0 Å². The van der Waals surface area contributed by atoms with E-state index in [0.717, 1.165) is 38.1 Å². The molecule has 0 unspecified atom stereocenters. The monoisotopic (exact) mass is 324 g/mol. The van der Waals surface area contributed by atoms with Gasteiger partial charge in [0.15, 0.2) is 5.65 Å². The number of aromatic nitrogens is 3. The summed E-state index contributed by atoms with van der Waals surface area (Å²) in [6, 6.07) is 8.31. The van der Waals surface area contributed by atoms with Crippen LogP contribution in [0.4, 0.5) is 5.95 Å². The van der Waals surface area contributed by atoms with Gasteiger partial charge in [0, 0.05) is 24.7 Å². The first-order valence-corrected chi connectivity index (χ1v) is 8.19. The first kappa shape index (κ1) is 15.0. The molecule has 2 bridgehead atoms. The van der Waals surface area contributed by atoms with E-state index < -0.39 is 0 Å². The lowest BCUT2D eigenvalue weighted by Crippen LogP contribution is -2.59. The molecule has 1 N–H and O–H groups in total. The number of terminal acetylenes is 1. The molecular formula is C17H20N6O. The normalized spacial score (nSPS) is 29.4. The largest absolute Gasteiger partial charge is 0.456 e. The van der Waals surface area contributed by atoms with Crippen molar-refractivity contribution < 1.29 is 4.74 Å². The maximum Gasteiger partial charge on any atom is 0.305 e. The minimum atomic E-state index is -0.292. The number of pyridine rings is 1. The van der Waals surface area contributed by atoms with Crippen molar-refractivity contribution in [1.29, 1.82) is 0 Å². The van der Waals surface area contributed by atoms with E-state index in [1.807, 2.05) is 28.8 Å². The minimum absolute atomic E-state index is 0.292. The molecule has 0 saturated carbocycles. The van der Waals surface area contributed by atoms with E-state index >= 15 is 0 Å². The number of fused-ring (bicyclic) bond motifs is 4. The lowest BCUT2D eigenvalue weighted by Gasteiger charge is -2.50. The predicted octanol–water partition coefficient (Wildman–Crippen LogP) is 1.59. The van der Waals surface area contributed by atoms with Crippen molar-refractivity contribution in [1.82, 2.24) is 19.5 Å². The van der Waals surface area contributed by atoms with Gasteiger partial charge in [0.2, 0.25) is 5.95 Å². The average Bonchev–Trinajstić information content (AvgIpc) is 2.99. The Kier molecular flexibility index (Phi) is 3.62. The molecule has 7 heteroatoms. The molecule has 24 heavy (non-hydrogen) atoms. The Morgan fingerprint density at radius 3 is 2.96 bits per heavy atom. The second-order valence-electron chi connectivity index (χ2n) is 6.59. The van der Waals surface area contributed by atoms with Gasteiger partial charge in [-0.25, -0.2) is 0 Å². The number of nitrogens with zero attached hydrogens (tertiary/aromatic N) is 5. The molecule has 0 aliphatic carbocycles. The third-order valence-electron chi connectivity index (χ3n) is 5.02. The van der Waals surface area contributed by atoms with Crippen molar-refractivity contribution in [2.45, 2.75) is 25.4 Å². The highest BCUT2D eigenvalue weighted by atomic mass is 16.5. The summed E-state index contributed by atoms with van der Waals surface area (Å²) in [6.07, 6.45) is 9.55. The summed E-state index contributed by atoms with van der Waals surface area (Å²) >= 11 is 0. The molecule has 5 rings (SSSR count). The van der Waals surface area contributed by atoms with Crippen molar-refractivity contribution in [3.63, 3.8) is 0 Å². The lowest BCUT2D eigenvalue weighted by molar-refractivity contribution is -0.0884. The summed E-state index contributed by atoms with van der Waals surface area (Å²) in [5, 5.41) is 11.3. The molecule has 5 heterocycles. The zero-order valence-electron chi connectivity index (χ0n) is 13.6. The maximum absolute atomic E-state index is 6.25. The topological polar surface area (TPSA) is 67.0 Å². The van der Waals surface area contributed by atoms with Crippen LogP contribution in [-0.4, -0.2) is 50.8 Å². The van der Waals surface area contributed by atoms with Gasteiger partial charge in [-0.2, -0.15) is 0 Å². The fourth-order valence-electron chi connectivity index (χ4n) is 3.77. The molecule has 0 spiro atoms. The van der Waals surface area contributed by atoms with Crippen LogP contribution in [0.5, 0.6) is 0 Å². The van der Waals surface area contributed by atoms with Crippen LogP contribution in [0.1, 0.15) is 19.8 Å². The fourth-order valence-corrected chi connectivity index (χ4v) is 3.77. The summed E-state index contributed by atoms with van der Waals surface area (Å²) in [7, 11) is 0. The zero-order chi connectivity index (χ0) is 16.6. The van der Waals surface area contributed by atoms with E-state index in [1.54, 1.807) is 0 Å². The molecule has 2 aromatic heterocycles. The number of nitrogens with one attached hydrogen (secondary N) is 1. The number of hydrogen-bond donors (Lipinski definition) is 1. The summed E-state index contributed by atoms with van der Waals surface area (Å²) in [4.78, 5) is 6.47. The maximum atomic E-state index is 6.25. The molecule has 1 atom stereocenters. The Hall–Kier alpha value is -2.59. The molecule has 3 aliphatic rings. The van der Waals surface area contributed by atoms with Crippen LogP contribution in [0.2, 0.25) is 0 Å². The molecule has 3 aliphatic heterocycles. The van der Waals surface area contributed by atoms with Gasteiger partial charge in [0.05, 0.1) is 0 Å². The van der Waals surface area contributed by atoms with Gasteiger partial charge >= 0.3 is 6.02 Å². The summed E-state index contributed by atoms with van der Waals surface area (Å²) in [5.41, 5.74) is 0.453. The van der Waals surface area contributed by atoms with Crippen LogP contribution in [0.15, 0.2) is 29.4 Å². The molecular weight excluding hydrogens is 304 g/mol. The number of amidine groups is 1. The highest BCUT2D eigenvalue weighted by Crippen LogP contribution is 2.38. The second-order valence-corrected chi connectivity index (χ2v) is 6.59. The van der Waals surface area contributed by atoms with Crippen LogP contribution in [-0.2, 0) is 4.74 Å². The Balaban J connectivity index is 1.57. The minimum Gasteiger partial charge on any atom is -0.456 e. The van der Waals surface area contributed by atoms with Crippen molar-refractivity contribution in [3.05, 3.63) is 24.4 Å². The third kappa shape index (κ3) is 2.59. The van der Waals surface area contributed by atoms with E-state index in [9.17, 15) is 0 Å². The van der Waals surface area contributed by atoms with Gasteiger partial charge in [-0.05, 0) is 45.0 Å². The number of ether oxygens (including phenoxy) is 1. The van der Waals surface area contributed by atoms with E-state index in [4.69, 9.17) is 11.2 Å². The first-order valence-electron chi connectivity index (χ1n) is 8.19. The molecule has 124 valence electrons. The first-order chi connectivity index (χ1) is 11.7. The average molecular weight is 324 g/mol. The van der Waals surface area contributed by atoms with Crippen molar-refractivity contribution in [2.75, 3.05) is 25.0 Å². The summed E-state index contributed by atoms with van der Waals surface area (Å²) < 4.78 is 8.08. The van der Waals surface area contributed by atoms with Crippen LogP contribution in [0, 0.1) is 18.4 Å². The number of aliphatic imine (C=N–C) groups is 1. The van der Waals surface area contributed by atoms with Gasteiger partial charge in [-0.3, -0.25) is 14.6 Å². The fraction of sp³-hybridized carbons (Fsp3) is 0.471. The van der Waals surface area contributed by atoms with Crippen LogP contribution in [0.3, 0.4) is 0 Å². The number of hydrogen-bond acceptors (Lipinski definition) is 5. The second kappa shape index (κ2) is 5.80. The van der Waals surface area contributed by atoms with Gasteiger partial charge in [-0.15, -0.1) is 15.2 Å². The Morgan fingerprint density at radius 2 is 2.25 bits per heavy atom. The molecule has 3 saturated heterocycles. The molecule has 7 nitrogen and oxygen atoms in total. The number of rotatable bonds is 2. The van der Waals surface area contributed by atoms with Gasteiger partial charge in [0.1, 0.15) is 5.60 Å². The molecule has 0 aromatic carbocycles. The zero-order valence-corrected chi connectivity index (χ0v) is 13.6. The molecule has 0 amide bonds. The third-order valence-corrected chi connectivity index (χ3v) is 5.02. The predicted molar refractivity (Wildman–Crippen MR) is 91.5 cm³/mol. The SMILES string of the molecule is C#CN=C(Nc1nnc2ccccn12)O[C@@]1(C)CN2CCC1CC2. The van der Waals surface area contributed by atoms with Crippen LogP contribution < -0.4 is 5.32 Å². The summed E-state index contributed by atoms with van der Waals surface area (Å²) in [5.74, 6) is 1.05. The summed E-state index contributed by atoms with van der Waals surface area (Å²) in [6.45, 7) is 5.32. The number of piperidine rings is 3. The molecule has 0 radical (unpaired) electrons. The highest BCUT2D eigenvalue weighted by Gasteiger charge is 2.46. The van der Waals surface area contributed by atoms with Crippen molar-refractivity contribution >= 4 is 17.6 Å². The Bertz CT molecular complexity index is 814. The Morgan fingerprint density at radius 1 is 1.42 bits per heavy atom. The highest BCUT2D eigenvalue weighted by molar-refractivity contribution is 5.88. The van der Waals surface area contributed by atoms with Gasteiger partial charge < -0.3 is 4.74 Å². The Labute approximate surface area is 140 Å². The number of anilines is 1. The standard InChI is InChI=1S/C17H20N6O/c1-3-18-16(19-15-21-20-14-6-4-5-9-23(14)15)24-17(2)12-22-10-7-13(17)8-11-22/h1,4-6,9,13H,7-8,10-12H2,2H3,(H,18,19,21)/t17-/m0/s1. The van der Waals surface area contributed by atoms with Crippen LogP contribution in [0.25, 0.3) is 5.65 Å². The molecule has 3 fully saturated rings. The van der Waals surface area contributed by atoms with Crippen molar-refractivity contribution in [2.24, 2.45) is 10.9 Å². The van der Waals surface area contributed by atoms with Crippen LogP contribution >= 0.6 is 0 Å².